The van der Waals surface area contributed by atoms with Crippen LogP contribution in [0.3, 0.4) is 0 Å². The molecule has 0 aliphatic rings. The Labute approximate surface area is 124 Å². The van der Waals surface area contributed by atoms with Crippen LogP contribution in [-0.4, -0.2) is 22.6 Å². The van der Waals surface area contributed by atoms with Gasteiger partial charge in [-0.05, 0) is 30.7 Å². The van der Waals surface area contributed by atoms with Crippen molar-refractivity contribution >= 4 is 17.2 Å². The molecule has 110 valence electrons. The number of unbranched alkanes of at least 4 members (excludes halogenated alkanes) is 1. The van der Waals surface area contributed by atoms with Crippen LogP contribution in [0.15, 0.2) is 53.8 Å². The van der Waals surface area contributed by atoms with Gasteiger partial charge in [0.15, 0.2) is 5.84 Å². The predicted octanol–water partition coefficient (Wildman–Crippen LogP) is 3.11. The minimum atomic E-state index is 0.0142. The van der Waals surface area contributed by atoms with Gasteiger partial charge in [-0.25, -0.2) is 0 Å². The van der Waals surface area contributed by atoms with Gasteiger partial charge in [0.2, 0.25) is 0 Å². The van der Waals surface area contributed by atoms with E-state index >= 15 is 0 Å². The molecule has 0 radical (unpaired) electrons. The molecule has 0 bridgehead atoms. The van der Waals surface area contributed by atoms with Crippen molar-refractivity contribution in [1.82, 2.24) is 4.98 Å². The Bertz CT molecular complexity index is 598. The lowest BCUT2D eigenvalue weighted by Crippen LogP contribution is -2.20. The SMILES string of the molecule is CCCCN(c1ccccc1)c1ccnc(C(N)=NO)c1. The molecule has 5 nitrogen and oxygen atoms in total. The number of aromatic nitrogens is 1. The van der Waals surface area contributed by atoms with E-state index in [0.717, 1.165) is 30.8 Å². The molecule has 5 heteroatoms. The van der Waals surface area contributed by atoms with Crippen molar-refractivity contribution < 1.29 is 5.21 Å². The maximum Gasteiger partial charge on any atom is 0.188 e. The third-order valence-corrected chi connectivity index (χ3v) is 3.23. The number of anilines is 2. The van der Waals surface area contributed by atoms with Crippen molar-refractivity contribution in [1.29, 1.82) is 0 Å². The first-order chi connectivity index (χ1) is 10.3. The van der Waals surface area contributed by atoms with Gasteiger partial charge in [-0.3, -0.25) is 4.98 Å². The number of hydrogen-bond donors (Lipinski definition) is 2. The third-order valence-electron chi connectivity index (χ3n) is 3.23. The van der Waals surface area contributed by atoms with Crippen LogP contribution < -0.4 is 10.6 Å². The molecule has 0 amide bonds. The quantitative estimate of drug-likeness (QED) is 0.370. The summed E-state index contributed by atoms with van der Waals surface area (Å²) in [4.78, 5) is 6.33. The zero-order chi connectivity index (χ0) is 15.1. The van der Waals surface area contributed by atoms with E-state index in [1.54, 1.807) is 6.20 Å². The highest BCUT2D eigenvalue weighted by Gasteiger charge is 2.11. The van der Waals surface area contributed by atoms with Crippen molar-refractivity contribution in [2.75, 3.05) is 11.4 Å². The number of para-hydroxylation sites is 1. The van der Waals surface area contributed by atoms with Crippen LogP contribution in [0.1, 0.15) is 25.5 Å². The Morgan fingerprint density at radius 1 is 1.24 bits per heavy atom. The van der Waals surface area contributed by atoms with E-state index in [1.807, 2.05) is 30.3 Å². The Morgan fingerprint density at radius 3 is 2.67 bits per heavy atom. The number of oxime groups is 1. The molecule has 2 rings (SSSR count). The first kappa shape index (κ1) is 14.8. The predicted molar refractivity (Wildman–Crippen MR) is 85.1 cm³/mol. The topological polar surface area (TPSA) is 74.7 Å². The highest BCUT2D eigenvalue weighted by Crippen LogP contribution is 2.25. The fourth-order valence-corrected chi connectivity index (χ4v) is 2.11. The lowest BCUT2D eigenvalue weighted by Gasteiger charge is -2.25. The zero-order valence-electron chi connectivity index (χ0n) is 12.1. The smallest absolute Gasteiger partial charge is 0.188 e. The molecule has 0 atom stereocenters. The monoisotopic (exact) mass is 284 g/mol. The normalized spacial score (nSPS) is 11.4. The number of amidine groups is 1. The zero-order valence-corrected chi connectivity index (χ0v) is 12.1. The molecule has 0 unspecified atom stereocenters. The van der Waals surface area contributed by atoms with Gasteiger partial charge in [0.25, 0.3) is 0 Å². The van der Waals surface area contributed by atoms with Crippen molar-refractivity contribution in [3.8, 4) is 0 Å². The van der Waals surface area contributed by atoms with E-state index in [9.17, 15) is 0 Å². The van der Waals surface area contributed by atoms with Crippen molar-refractivity contribution in [3.05, 3.63) is 54.4 Å². The van der Waals surface area contributed by atoms with Crippen LogP contribution in [0.2, 0.25) is 0 Å². The van der Waals surface area contributed by atoms with Gasteiger partial charge < -0.3 is 15.8 Å². The van der Waals surface area contributed by atoms with Gasteiger partial charge in [0, 0.05) is 24.1 Å². The molecular weight excluding hydrogens is 264 g/mol. The van der Waals surface area contributed by atoms with E-state index < -0.39 is 0 Å². The summed E-state index contributed by atoms with van der Waals surface area (Å²) >= 11 is 0. The summed E-state index contributed by atoms with van der Waals surface area (Å²) in [6.45, 7) is 3.07. The second kappa shape index (κ2) is 7.28. The summed E-state index contributed by atoms with van der Waals surface area (Å²) < 4.78 is 0. The molecule has 0 saturated heterocycles. The van der Waals surface area contributed by atoms with Gasteiger partial charge in [-0.15, -0.1) is 0 Å². The summed E-state index contributed by atoms with van der Waals surface area (Å²) in [5.41, 5.74) is 8.18. The van der Waals surface area contributed by atoms with Crippen LogP contribution in [0.5, 0.6) is 0 Å². The number of pyridine rings is 1. The van der Waals surface area contributed by atoms with Crippen LogP contribution in [-0.2, 0) is 0 Å². The number of nitrogens with two attached hydrogens (primary N) is 1. The number of benzene rings is 1. The van der Waals surface area contributed by atoms with Crippen molar-refractivity contribution in [3.63, 3.8) is 0 Å². The molecule has 3 N–H and O–H groups in total. The highest BCUT2D eigenvalue weighted by atomic mass is 16.4. The first-order valence-electron chi connectivity index (χ1n) is 7.02. The van der Waals surface area contributed by atoms with Crippen molar-refractivity contribution in [2.24, 2.45) is 10.9 Å². The summed E-state index contributed by atoms with van der Waals surface area (Å²) in [5, 5.41) is 11.8. The fraction of sp³-hybridized carbons (Fsp3) is 0.250. The van der Waals surface area contributed by atoms with E-state index in [2.05, 4.69) is 34.1 Å². The first-order valence-corrected chi connectivity index (χ1v) is 7.02. The second-order valence-corrected chi connectivity index (χ2v) is 4.73. The molecule has 1 heterocycles. The largest absolute Gasteiger partial charge is 0.409 e. The van der Waals surface area contributed by atoms with Gasteiger partial charge in [0.05, 0.1) is 0 Å². The molecule has 0 aliphatic carbocycles. The lowest BCUT2D eigenvalue weighted by atomic mass is 10.2. The van der Waals surface area contributed by atoms with E-state index in [4.69, 9.17) is 10.9 Å². The van der Waals surface area contributed by atoms with E-state index in [-0.39, 0.29) is 5.84 Å². The second-order valence-electron chi connectivity index (χ2n) is 4.73. The van der Waals surface area contributed by atoms with E-state index in [0.29, 0.717) is 5.69 Å². The maximum absolute atomic E-state index is 8.79. The Kier molecular flexibility index (Phi) is 5.15. The average molecular weight is 284 g/mol. The molecular formula is C16H20N4O. The molecule has 0 fully saturated rings. The minimum absolute atomic E-state index is 0.0142. The third kappa shape index (κ3) is 3.72. The lowest BCUT2D eigenvalue weighted by molar-refractivity contribution is 0.318. The molecule has 0 saturated carbocycles. The molecule has 1 aromatic heterocycles. The van der Waals surface area contributed by atoms with E-state index in [1.165, 1.54) is 0 Å². The van der Waals surface area contributed by atoms with Crippen molar-refractivity contribution in [2.45, 2.75) is 19.8 Å². The number of rotatable bonds is 6. The Balaban J connectivity index is 2.37. The standard InChI is InChI=1S/C16H20N4O/c1-2-3-11-20(13-7-5-4-6-8-13)14-9-10-18-15(12-14)16(17)19-21/h4-10,12,21H,2-3,11H2,1H3,(H2,17,19). The van der Waals surface area contributed by atoms with Crippen LogP contribution in [0, 0.1) is 0 Å². The highest BCUT2D eigenvalue weighted by molar-refractivity contribution is 5.96. The average Bonchev–Trinajstić information content (AvgIpc) is 2.56. The van der Waals surface area contributed by atoms with Crippen LogP contribution in [0.4, 0.5) is 11.4 Å². The minimum Gasteiger partial charge on any atom is -0.409 e. The molecule has 2 aromatic rings. The maximum atomic E-state index is 8.79. The summed E-state index contributed by atoms with van der Waals surface area (Å²) in [6.07, 6.45) is 3.86. The summed E-state index contributed by atoms with van der Waals surface area (Å²) in [6, 6.07) is 13.9. The van der Waals surface area contributed by atoms with Gasteiger partial charge >= 0.3 is 0 Å². The number of nitrogens with zero attached hydrogens (tertiary/aromatic N) is 3. The van der Waals surface area contributed by atoms with Gasteiger partial charge in [0.1, 0.15) is 5.69 Å². The molecule has 1 aromatic carbocycles. The Morgan fingerprint density at radius 2 is 2.00 bits per heavy atom. The summed E-state index contributed by atoms with van der Waals surface area (Å²) in [7, 11) is 0. The molecule has 0 spiro atoms. The Hall–Kier alpha value is -2.56. The van der Waals surface area contributed by atoms with Gasteiger partial charge in [-0.2, -0.15) is 0 Å². The van der Waals surface area contributed by atoms with Gasteiger partial charge in [-0.1, -0.05) is 36.7 Å². The van der Waals surface area contributed by atoms with Crippen LogP contribution >= 0.6 is 0 Å². The number of hydrogen-bond acceptors (Lipinski definition) is 4. The fourth-order valence-electron chi connectivity index (χ4n) is 2.11. The molecule has 0 aliphatic heterocycles. The van der Waals surface area contributed by atoms with Crippen LogP contribution in [0.25, 0.3) is 0 Å². The molecule has 21 heavy (non-hydrogen) atoms. The summed E-state index contributed by atoms with van der Waals surface area (Å²) in [5.74, 6) is 0.0142.